The minimum absolute atomic E-state index is 0.361. The van der Waals surface area contributed by atoms with Crippen LogP contribution in [-0.4, -0.2) is 37.4 Å². The van der Waals surface area contributed by atoms with Crippen LogP contribution >= 0.6 is 0 Å². The molecule has 0 unspecified atom stereocenters. The number of rotatable bonds is 6. The van der Waals surface area contributed by atoms with E-state index in [1.165, 1.54) is 0 Å². The molecule has 0 spiro atoms. The molecule has 1 N–H and O–H groups in total. The fraction of sp³-hybridized carbons (Fsp3) is 0.154. The first-order chi connectivity index (χ1) is 17.2. The molecule has 9 heteroatoms. The van der Waals surface area contributed by atoms with E-state index in [1.54, 1.807) is 32.5 Å². The molecule has 9 nitrogen and oxygen atoms in total. The van der Waals surface area contributed by atoms with Crippen LogP contribution in [0, 0.1) is 0 Å². The first-order valence-electron chi connectivity index (χ1n) is 11.0. The predicted octanol–water partition coefficient (Wildman–Crippen LogP) is 5.70. The molecule has 3 heterocycles. The molecule has 6 rings (SSSR count). The summed E-state index contributed by atoms with van der Waals surface area (Å²) < 4.78 is 34.1. The van der Waals surface area contributed by atoms with Gasteiger partial charge in [0, 0.05) is 35.5 Å². The zero-order valence-corrected chi connectivity index (χ0v) is 19.0. The summed E-state index contributed by atoms with van der Waals surface area (Å²) in [5, 5.41) is 3.97. The Hall–Kier alpha value is -4.66. The maximum absolute atomic E-state index is 6.19. The lowest BCUT2D eigenvalue weighted by molar-refractivity contribution is 0.171. The third kappa shape index (κ3) is 3.97. The summed E-state index contributed by atoms with van der Waals surface area (Å²) in [6, 6.07) is 16.9. The van der Waals surface area contributed by atoms with Gasteiger partial charge >= 0.3 is 0 Å². The number of nitrogens with zero attached hydrogens (tertiary/aromatic N) is 2. The minimum Gasteiger partial charge on any atom is -0.493 e. The van der Waals surface area contributed by atoms with Gasteiger partial charge < -0.3 is 33.4 Å². The van der Waals surface area contributed by atoms with Gasteiger partial charge in [0.15, 0.2) is 28.6 Å². The van der Waals surface area contributed by atoms with Crippen LogP contribution in [0.4, 0.5) is 11.7 Å². The number of nitrogens with one attached hydrogen (secondary N) is 1. The molecule has 0 radical (unpaired) electrons. The van der Waals surface area contributed by atoms with Gasteiger partial charge in [-0.05, 0) is 36.4 Å². The molecule has 35 heavy (non-hydrogen) atoms. The molecule has 0 amide bonds. The molecule has 0 saturated carbocycles. The van der Waals surface area contributed by atoms with Crippen LogP contribution < -0.4 is 29.0 Å². The summed E-state index contributed by atoms with van der Waals surface area (Å²) in [4.78, 5) is 8.93. The standard InChI is InChI=1S/C26H21N3O6/c1-30-23-13-17-19(14-24(23)31-2)27-8-7-20(17)34-16-4-5-18-22(12-16)35-26(29-18)28-15-3-6-21-25(11-15)33-10-9-32-21/h3-8,11-14H,9-10H2,1-2H3,(H,28,29). The highest BCUT2D eigenvalue weighted by atomic mass is 16.6. The minimum atomic E-state index is 0.361. The number of ether oxygens (including phenoxy) is 5. The van der Waals surface area contributed by atoms with Crippen molar-refractivity contribution >= 4 is 33.7 Å². The van der Waals surface area contributed by atoms with E-state index in [2.05, 4.69) is 15.3 Å². The van der Waals surface area contributed by atoms with Gasteiger partial charge in [0.1, 0.15) is 30.2 Å². The molecule has 2 aromatic heterocycles. The monoisotopic (exact) mass is 471 g/mol. The third-order valence-electron chi connectivity index (χ3n) is 5.59. The van der Waals surface area contributed by atoms with E-state index >= 15 is 0 Å². The van der Waals surface area contributed by atoms with E-state index in [1.807, 2.05) is 42.5 Å². The summed E-state index contributed by atoms with van der Waals surface area (Å²) in [6.45, 7) is 1.07. The molecule has 5 aromatic rings. The highest BCUT2D eigenvalue weighted by molar-refractivity contribution is 5.88. The van der Waals surface area contributed by atoms with E-state index < -0.39 is 0 Å². The number of anilines is 2. The first kappa shape index (κ1) is 20.9. The number of benzene rings is 3. The Morgan fingerprint density at radius 3 is 2.49 bits per heavy atom. The zero-order chi connectivity index (χ0) is 23.8. The number of pyridine rings is 1. The normalized spacial score (nSPS) is 12.5. The lowest BCUT2D eigenvalue weighted by Gasteiger charge is -2.18. The van der Waals surface area contributed by atoms with Gasteiger partial charge in [-0.2, -0.15) is 4.98 Å². The molecule has 1 aliphatic rings. The van der Waals surface area contributed by atoms with E-state index in [0.29, 0.717) is 59.1 Å². The number of aromatic nitrogens is 2. The Bertz CT molecular complexity index is 1550. The van der Waals surface area contributed by atoms with E-state index in [0.717, 1.165) is 22.3 Å². The van der Waals surface area contributed by atoms with Crippen LogP contribution in [0.15, 0.2) is 65.2 Å². The molecule has 0 fully saturated rings. The summed E-state index contributed by atoms with van der Waals surface area (Å²) in [5.74, 6) is 3.84. The Labute approximate surface area is 200 Å². The van der Waals surface area contributed by atoms with Crippen molar-refractivity contribution in [3.63, 3.8) is 0 Å². The van der Waals surface area contributed by atoms with Gasteiger partial charge in [0.25, 0.3) is 6.01 Å². The maximum atomic E-state index is 6.19. The van der Waals surface area contributed by atoms with Gasteiger partial charge in [-0.1, -0.05) is 0 Å². The maximum Gasteiger partial charge on any atom is 0.300 e. The second-order valence-corrected chi connectivity index (χ2v) is 7.77. The van der Waals surface area contributed by atoms with Gasteiger partial charge in [-0.25, -0.2) is 0 Å². The Kier molecular flexibility index (Phi) is 5.14. The molecule has 176 valence electrons. The fourth-order valence-corrected chi connectivity index (χ4v) is 3.93. The number of fused-ring (bicyclic) bond motifs is 3. The van der Waals surface area contributed by atoms with Crippen molar-refractivity contribution in [1.82, 2.24) is 9.97 Å². The van der Waals surface area contributed by atoms with E-state index in [-0.39, 0.29) is 0 Å². The average molecular weight is 471 g/mol. The van der Waals surface area contributed by atoms with Crippen molar-refractivity contribution in [3.05, 3.63) is 60.8 Å². The Morgan fingerprint density at radius 2 is 1.63 bits per heavy atom. The van der Waals surface area contributed by atoms with Crippen LogP contribution in [0.2, 0.25) is 0 Å². The molecule has 3 aromatic carbocycles. The highest BCUT2D eigenvalue weighted by Crippen LogP contribution is 2.38. The summed E-state index contributed by atoms with van der Waals surface area (Å²) >= 11 is 0. The Balaban J connectivity index is 1.27. The third-order valence-corrected chi connectivity index (χ3v) is 5.59. The van der Waals surface area contributed by atoms with Crippen molar-refractivity contribution in [1.29, 1.82) is 0 Å². The largest absolute Gasteiger partial charge is 0.493 e. The molecule has 0 aliphatic carbocycles. The van der Waals surface area contributed by atoms with Gasteiger partial charge in [-0.3, -0.25) is 4.98 Å². The van der Waals surface area contributed by atoms with Gasteiger partial charge in [0.2, 0.25) is 0 Å². The van der Waals surface area contributed by atoms with Crippen molar-refractivity contribution < 1.29 is 28.1 Å². The number of hydrogen-bond donors (Lipinski definition) is 1. The van der Waals surface area contributed by atoms with E-state index in [9.17, 15) is 0 Å². The topological polar surface area (TPSA) is 97.1 Å². The number of hydrogen-bond acceptors (Lipinski definition) is 9. The second kappa shape index (κ2) is 8.60. The molecule has 0 saturated heterocycles. The van der Waals surface area contributed by atoms with Crippen molar-refractivity contribution in [2.75, 3.05) is 32.8 Å². The number of oxazole rings is 1. The number of methoxy groups -OCH3 is 2. The second-order valence-electron chi connectivity index (χ2n) is 7.77. The zero-order valence-electron chi connectivity index (χ0n) is 19.0. The molecule has 1 aliphatic heterocycles. The SMILES string of the molecule is COc1cc2nccc(Oc3ccc4nc(Nc5ccc6c(c5)OCCO6)oc4c3)c2cc1OC. The van der Waals surface area contributed by atoms with Crippen LogP contribution in [-0.2, 0) is 0 Å². The summed E-state index contributed by atoms with van der Waals surface area (Å²) in [7, 11) is 3.18. The highest BCUT2D eigenvalue weighted by Gasteiger charge is 2.15. The molecule has 0 bridgehead atoms. The van der Waals surface area contributed by atoms with Crippen LogP contribution in [0.1, 0.15) is 0 Å². The van der Waals surface area contributed by atoms with Crippen molar-refractivity contribution in [2.24, 2.45) is 0 Å². The van der Waals surface area contributed by atoms with Crippen LogP contribution in [0.3, 0.4) is 0 Å². The average Bonchev–Trinajstić information content (AvgIpc) is 3.29. The van der Waals surface area contributed by atoms with Crippen LogP contribution in [0.25, 0.3) is 22.0 Å². The molecular formula is C26H21N3O6. The quantitative estimate of drug-likeness (QED) is 0.334. The van der Waals surface area contributed by atoms with E-state index in [4.69, 9.17) is 28.1 Å². The van der Waals surface area contributed by atoms with Gasteiger partial charge in [0.05, 0.1) is 19.7 Å². The lowest BCUT2D eigenvalue weighted by Crippen LogP contribution is -2.15. The predicted molar refractivity (Wildman–Crippen MR) is 130 cm³/mol. The van der Waals surface area contributed by atoms with Crippen LogP contribution in [0.5, 0.6) is 34.5 Å². The van der Waals surface area contributed by atoms with Crippen molar-refractivity contribution in [3.8, 4) is 34.5 Å². The smallest absolute Gasteiger partial charge is 0.300 e. The van der Waals surface area contributed by atoms with Crippen molar-refractivity contribution in [2.45, 2.75) is 0 Å². The fourth-order valence-electron chi connectivity index (χ4n) is 3.93. The first-order valence-corrected chi connectivity index (χ1v) is 11.0. The Morgan fingerprint density at radius 1 is 0.800 bits per heavy atom. The lowest BCUT2D eigenvalue weighted by atomic mass is 10.2. The summed E-state index contributed by atoms with van der Waals surface area (Å²) in [6.07, 6.45) is 1.69. The van der Waals surface area contributed by atoms with Gasteiger partial charge in [-0.15, -0.1) is 0 Å². The summed E-state index contributed by atoms with van der Waals surface area (Å²) in [5.41, 5.74) is 2.79. The molecular weight excluding hydrogens is 450 g/mol. The molecule has 0 atom stereocenters.